The van der Waals surface area contributed by atoms with E-state index in [1.807, 2.05) is 18.7 Å². The molecule has 1 aromatic rings. The molecule has 0 aliphatic carbocycles. The molecule has 3 saturated heterocycles. The summed E-state index contributed by atoms with van der Waals surface area (Å²) in [7, 11) is 0. The molecule has 2 atom stereocenters. The van der Waals surface area contributed by atoms with Crippen LogP contribution < -0.4 is 0 Å². The lowest BCUT2D eigenvalue weighted by Crippen LogP contribution is -2.38. The Morgan fingerprint density at radius 2 is 1.79 bits per heavy atom. The molecular formula is C17H23N3O4. The average Bonchev–Trinajstić information content (AvgIpc) is 3.19. The van der Waals surface area contributed by atoms with E-state index < -0.39 is 0 Å². The van der Waals surface area contributed by atoms with Crippen LogP contribution in [0.2, 0.25) is 0 Å². The van der Waals surface area contributed by atoms with Gasteiger partial charge in [0.2, 0.25) is 0 Å². The Kier molecular flexibility index (Phi) is 2.98. The number of H-pyrrole nitrogens is 1. The number of rotatable bonds is 1. The first-order valence-corrected chi connectivity index (χ1v) is 8.71. The Hall–Kier alpha value is -1.44. The van der Waals surface area contributed by atoms with Crippen LogP contribution >= 0.6 is 0 Å². The van der Waals surface area contributed by atoms with Gasteiger partial charge in [0, 0.05) is 35.9 Å². The van der Waals surface area contributed by atoms with Crippen molar-refractivity contribution < 1.29 is 19.0 Å². The van der Waals surface area contributed by atoms with E-state index in [1.165, 1.54) is 0 Å². The quantitative estimate of drug-likeness (QED) is 0.827. The van der Waals surface area contributed by atoms with Crippen LogP contribution in [0.1, 0.15) is 41.7 Å². The van der Waals surface area contributed by atoms with Gasteiger partial charge in [-0.1, -0.05) is 0 Å². The second-order valence-corrected chi connectivity index (χ2v) is 7.96. The Bertz CT molecular complexity index is 670. The van der Waals surface area contributed by atoms with Gasteiger partial charge < -0.3 is 19.1 Å². The van der Waals surface area contributed by atoms with Gasteiger partial charge in [-0.3, -0.25) is 9.89 Å². The molecule has 5 rings (SSSR count). The van der Waals surface area contributed by atoms with Crippen molar-refractivity contribution in [2.24, 2.45) is 10.8 Å². The number of nitrogens with zero attached hydrogens (tertiary/aromatic N) is 2. The highest BCUT2D eigenvalue weighted by Crippen LogP contribution is 2.55. The van der Waals surface area contributed by atoms with Crippen molar-refractivity contribution in [3.05, 3.63) is 17.0 Å². The molecule has 0 saturated carbocycles. The van der Waals surface area contributed by atoms with Crippen molar-refractivity contribution in [3.63, 3.8) is 0 Å². The molecule has 4 aliphatic heterocycles. The molecule has 1 N–H and O–H groups in total. The highest BCUT2D eigenvalue weighted by molar-refractivity contribution is 5.94. The van der Waals surface area contributed by atoms with Crippen LogP contribution in [0.4, 0.5) is 0 Å². The molecule has 130 valence electrons. The van der Waals surface area contributed by atoms with E-state index in [-0.39, 0.29) is 28.9 Å². The Labute approximate surface area is 140 Å². The van der Waals surface area contributed by atoms with Gasteiger partial charge >= 0.3 is 0 Å². The van der Waals surface area contributed by atoms with Gasteiger partial charge in [0.25, 0.3) is 5.91 Å². The summed E-state index contributed by atoms with van der Waals surface area (Å²) >= 11 is 0. The number of hydrogen-bond donors (Lipinski definition) is 1. The Balaban J connectivity index is 1.45. The number of hydrogen-bond acceptors (Lipinski definition) is 5. The van der Waals surface area contributed by atoms with Crippen molar-refractivity contribution in [1.29, 1.82) is 0 Å². The Morgan fingerprint density at radius 1 is 1.17 bits per heavy atom. The van der Waals surface area contributed by atoms with E-state index in [9.17, 15) is 4.79 Å². The van der Waals surface area contributed by atoms with E-state index in [0.29, 0.717) is 45.2 Å². The van der Waals surface area contributed by atoms with Crippen LogP contribution in [0, 0.1) is 10.8 Å². The van der Waals surface area contributed by atoms with Crippen molar-refractivity contribution in [2.45, 2.75) is 32.5 Å². The number of aromatic nitrogens is 2. The van der Waals surface area contributed by atoms with Crippen molar-refractivity contribution >= 4 is 5.91 Å². The topological polar surface area (TPSA) is 76.7 Å². The SMILES string of the molecule is C[C@@H]1Cc2c(C(=O)N3CC45COCC4(COC5)C3)n[nH]c2[C@H](C)O1. The number of ether oxygens (including phenoxy) is 3. The lowest BCUT2D eigenvalue weighted by Gasteiger charge is -2.26. The third-order valence-electron chi connectivity index (χ3n) is 6.35. The molecule has 0 aromatic carbocycles. The molecule has 1 aromatic heterocycles. The second-order valence-electron chi connectivity index (χ2n) is 7.96. The molecule has 7 heteroatoms. The maximum absolute atomic E-state index is 13.2. The lowest BCUT2D eigenvalue weighted by molar-refractivity contribution is -0.00704. The summed E-state index contributed by atoms with van der Waals surface area (Å²) in [4.78, 5) is 15.1. The van der Waals surface area contributed by atoms with E-state index in [0.717, 1.165) is 17.7 Å². The van der Waals surface area contributed by atoms with E-state index in [1.54, 1.807) is 0 Å². The van der Waals surface area contributed by atoms with Gasteiger partial charge in [-0.2, -0.15) is 5.10 Å². The largest absolute Gasteiger partial charge is 0.380 e. The van der Waals surface area contributed by atoms with E-state index in [2.05, 4.69) is 10.2 Å². The second kappa shape index (κ2) is 4.80. The zero-order valence-corrected chi connectivity index (χ0v) is 14.1. The van der Waals surface area contributed by atoms with Gasteiger partial charge in [0.15, 0.2) is 5.69 Å². The summed E-state index contributed by atoms with van der Waals surface area (Å²) in [5.41, 5.74) is 2.49. The normalized spacial score (nSPS) is 40.5. The number of fused-ring (bicyclic) bond motifs is 1. The molecule has 0 bridgehead atoms. The van der Waals surface area contributed by atoms with Crippen LogP contribution in [-0.2, 0) is 20.6 Å². The highest BCUT2D eigenvalue weighted by Gasteiger charge is 2.66. The lowest BCUT2D eigenvalue weighted by atomic mass is 9.71. The number of likely N-dealkylation sites (tertiary alicyclic amines) is 1. The summed E-state index contributed by atoms with van der Waals surface area (Å²) in [5.74, 6) is 0.0313. The minimum absolute atomic E-state index is 0.0251. The van der Waals surface area contributed by atoms with Crippen LogP contribution in [0.15, 0.2) is 0 Å². The summed E-state index contributed by atoms with van der Waals surface area (Å²) < 4.78 is 17.3. The van der Waals surface area contributed by atoms with Gasteiger partial charge in [-0.15, -0.1) is 0 Å². The van der Waals surface area contributed by atoms with Crippen LogP contribution in [0.5, 0.6) is 0 Å². The molecule has 5 heterocycles. The standard InChI is InChI=1S/C17H23N3O4/c1-10-3-12-13(11(2)24-10)18-19-14(12)15(21)20-4-16-6-22-8-17(16,5-20)9-23-7-16/h10-11H,3-9H2,1-2H3,(H,18,19)/t10-,11+,16?,17?/m1/s1. The van der Waals surface area contributed by atoms with Gasteiger partial charge in [0.05, 0.1) is 44.3 Å². The minimum atomic E-state index is -0.0471. The molecular weight excluding hydrogens is 310 g/mol. The minimum Gasteiger partial charge on any atom is -0.380 e. The van der Waals surface area contributed by atoms with Gasteiger partial charge in [-0.25, -0.2) is 0 Å². The number of nitrogens with one attached hydrogen (secondary N) is 1. The van der Waals surface area contributed by atoms with E-state index in [4.69, 9.17) is 14.2 Å². The Morgan fingerprint density at radius 3 is 2.42 bits per heavy atom. The first kappa shape index (κ1) is 14.9. The fraction of sp³-hybridized carbons (Fsp3) is 0.765. The number of amides is 1. The fourth-order valence-corrected chi connectivity index (χ4v) is 5.03. The summed E-state index contributed by atoms with van der Waals surface area (Å²) in [6, 6.07) is 0. The molecule has 0 unspecified atom stereocenters. The van der Waals surface area contributed by atoms with Crippen LogP contribution in [0.25, 0.3) is 0 Å². The maximum atomic E-state index is 13.2. The number of carbonyl (C=O) groups excluding carboxylic acids is 1. The van der Waals surface area contributed by atoms with Crippen molar-refractivity contribution in [1.82, 2.24) is 15.1 Å². The molecule has 4 aliphatic rings. The van der Waals surface area contributed by atoms with Crippen LogP contribution in [0.3, 0.4) is 0 Å². The summed E-state index contributed by atoms with van der Waals surface area (Å²) in [6.07, 6.45) is 0.787. The number of carbonyl (C=O) groups is 1. The van der Waals surface area contributed by atoms with Crippen LogP contribution in [-0.4, -0.2) is 66.6 Å². The van der Waals surface area contributed by atoms with Crippen molar-refractivity contribution in [2.75, 3.05) is 39.5 Å². The van der Waals surface area contributed by atoms with Gasteiger partial charge in [0.1, 0.15) is 0 Å². The molecule has 0 spiro atoms. The zero-order valence-electron chi connectivity index (χ0n) is 14.1. The molecule has 1 amide bonds. The van der Waals surface area contributed by atoms with E-state index >= 15 is 0 Å². The molecule has 24 heavy (non-hydrogen) atoms. The van der Waals surface area contributed by atoms with Crippen molar-refractivity contribution in [3.8, 4) is 0 Å². The highest BCUT2D eigenvalue weighted by atomic mass is 16.5. The molecule has 3 fully saturated rings. The van der Waals surface area contributed by atoms with Gasteiger partial charge in [-0.05, 0) is 13.8 Å². The third kappa shape index (κ3) is 1.78. The third-order valence-corrected chi connectivity index (χ3v) is 6.35. The first-order chi connectivity index (χ1) is 11.5. The maximum Gasteiger partial charge on any atom is 0.274 e. The average molecular weight is 333 g/mol. The smallest absolute Gasteiger partial charge is 0.274 e. The zero-order chi connectivity index (χ0) is 16.5. The fourth-order valence-electron chi connectivity index (χ4n) is 5.03. The monoisotopic (exact) mass is 333 g/mol. The molecule has 0 radical (unpaired) electrons. The molecule has 7 nitrogen and oxygen atoms in total. The predicted molar refractivity (Wildman–Crippen MR) is 83.7 cm³/mol. The summed E-state index contributed by atoms with van der Waals surface area (Å²) in [6.45, 7) is 8.21. The first-order valence-electron chi connectivity index (χ1n) is 8.71. The summed E-state index contributed by atoms with van der Waals surface area (Å²) in [5, 5.41) is 7.38. The predicted octanol–water partition coefficient (Wildman–Crippen LogP) is 0.921. The number of aromatic amines is 1.